The monoisotopic (exact) mass is 240 g/mol. The van der Waals surface area contributed by atoms with Gasteiger partial charge in [-0.25, -0.2) is 4.79 Å². The molecule has 0 fully saturated rings. The molecule has 1 N–H and O–H groups in total. The number of hydrogen-bond acceptors (Lipinski definition) is 3. The Balaban J connectivity index is 3.49. The highest BCUT2D eigenvalue weighted by Crippen LogP contribution is 2.13. The van der Waals surface area contributed by atoms with E-state index in [-0.39, 0.29) is 11.4 Å². The van der Waals surface area contributed by atoms with Crippen molar-refractivity contribution < 1.29 is 5.11 Å². The molecule has 1 aromatic rings. The summed E-state index contributed by atoms with van der Waals surface area (Å²) in [7, 11) is 0. The molecule has 5 heteroatoms. The minimum atomic E-state index is -0.433. The Morgan fingerprint density at radius 3 is 2.12 bits per heavy atom. The van der Waals surface area contributed by atoms with Gasteiger partial charge in [-0.15, -0.1) is 0 Å². The van der Waals surface area contributed by atoms with Crippen LogP contribution < -0.4 is 11.2 Å². The Bertz CT molecular complexity index is 500. The van der Waals surface area contributed by atoms with Crippen LogP contribution in [-0.4, -0.2) is 14.2 Å². The van der Waals surface area contributed by atoms with E-state index in [0.717, 1.165) is 12.8 Å². The molecular formula is C12H20N2O3. The molecule has 1 aromatic heterocycles. The van der Waals surface area contributed by atoms with Crippen molar-refractivity contribution in [2.24, 2.45) is 0 Å². The topological polar surface area (TPSA) is 64.2 Å². The second kappa shape index (κ2) is 5.70. The molecular weight excluding hydrogens is 220 g/mol. The van der Waals surface area contributed by atoms with Crippen LogP contribution in [0.25, 0.3) is 0 Å². The maximum absolute atomic E-state index is 12.0. The van der Waals surface area contributed by atoms with E-state index >= 15 is 0 Å². The van der Waals surface area contributed by atoms with E-state index in [4.69, 9.17) is 0 Å². The third-order valence-electron chi connectivity index (χ3n) is 2.90. The van der Waals surface area contributed by atoms with Crippen LogP contribution in [0.2, 0.25) is 0 Å². The lowest BCUT2D eigenvalue weighted by atomic mass is 10.1. The first-order valence-corrected chi connectivity index (χ1v) is 6.13. The predicted molar refractivity (Wildman–Crippen MR) is 66.6 cm³/mol. The molecule has 0 radical (unpaired) electrons. The first kappa shape index (κ1) is 13.5. The van der Waals surface area contributed by atoms with Crippen LogP contribution >= 0.6 is 0 Å². The van der Waals surface area contributed by atoms with Crippen molar-refractivity contribution in [2.75, 3.05) is 0 Å². The second-order valence-electron chi connectivity index (χ2n) is 3.98. The van der Waals surface area contributed by atoms with Gasteiger partial charge in [0.2, 0.25) is 5.88 Å². The van der Waals surface area contributed by atoms with Crippen LogP contribution in [0.15, 0.2) is 9.59 Å². The zero-order valence-corrected chi connectivity index (χ0v) is 10.7. The van der Waals surface area contributed by atoms with E-state index in [1.165, 1.54) is 9.13 Å². The fourth-order valence-electron chi connectivity index (χ4n) is 1.88. The molecule has 5 nitrogen and oxygen atoms in total. The van der Waals surface area contributed by atoms with Gasteiger partial charge in [0.05, 0.1) is 5.56 Å². The summed E-state index contributed by atoms with van der Waals surface area (Å²) >= 11 is 0. The molecule has 0 atom stereocenters. The summed E-state index contributed by atoms with van der Waals surface area (Å²) in [4.78, 5) is 23.9. The summed E-state index contributed by atoms with van der Waals surface area (Å²) in [5.74, 6) is -0.166. The Morgan fingerprint density at radius 1 is 1.06 bits per heavy atom. The lowest BCUT2D eigenvalue weighted by Crippen LogP contribution is -2.41. The molecule has 0 aliphatic heterocycles. The SMILES string of the molecule is CCCCc1c(O)n(CC)c(=O)n(CC)c1=O. The normalized spacial score (nSPS) is 10.8. The van der Waals surface area contributed by atoms with E-state index in [2.05, 4.69) is 0 Å². The Labute approximate surface area is 100 Å². The van der Waals surface area contributed by atoms with Crippen LogP contribution in [0, 0.1) is 0 Å². The predicted octanol–water partition coefficient (Wildman–Crippen LogP) is 1.10. The van der Waals surface area contributed by atoms with Crippen LogP contribution in [0.1, 0.15) is 39.2 Å². The molecule has 1 rings (SSSR count). The van der Waals surface area contributed by atoms with Gasteiger partial charge in [0, 0.05) is 13.1 Å². The van der Waals surface area contributed by atoms with Gasteiger partial charge in [-0.2, -0.15) is 0 Å². The number of nitrogens with zero attached hydrogens (tertiary/aromatic N) is 2. The number of hydrogen-bond donors (Lipinski definition) is 1. The minimum Gasteiger partial charge on any atom is -0.494 e. The minimum absolute atomic E-state index is 0.166. The van der Waals surface area contributed by atoms with Gasteiger partial charge < -0.3 is 5.11 Å². The number of aromatic hydroxyl groups is 1. The van der Waals surface area contributed by atoms with Gasteiger partial charge in [0.15, 0.2) is 0 Å². The average Bonchev–Trinajstić information content (AvgIpc) is 2.30. The van der Waals surface area contributed by atoms with Gasteiger partial charge in [-0.1, -0.05) is 13.3 Å². The Morgan fingerprint density at radius 2 is 1.65 bits per heavy atom. The third kappa shape index (κ3) is 2.43. The van der Waals surface area contributed by atoms with E-state index in [1.54, 1.807) is 13.8 Å². The van der Waals surface area contributed by atoms with E-state index < -0.39 is 5.69 Å². The molecule has 0 spiro atoms. The number of rotatable bonds is 5. The molecule has 0 saturated heterocycles. The van der Waals surface area contributed by atoms with Crippen molar-refractivity contribution in [3.63, 3.8) is 0 Å². The number of aromatic nitrogens is 2. The maximum Gasteiger partial charge on any atom is 0.333 e. The molecule has 0 aliphatic carbocycles. The van der Waals surface area contributed by atoms with Gasteiger partial charge >= 0.3 is 5.69 Å². The molecule has 0 unspecified atom stereocenters. The van der Waals surface area contributed by atoms with E-state index in [0.29, 0.717) is 25.1 Å². The zero-order chi connectivity index (χ0) is 13.0. The highest BCUT2D eigenvalue weighted by atomic mass is 16.3. The van der Waals surface area contributed by atoms with Crippen LogP contribution in [-0.2, 0) is 19.5 Å². The Hall–Kier alpha value is -1.52. The molecule has 0 bridgehead atoms. The van der Waals surface area contributed by atoms with Crippen LogP contribution in [0.5, 0.6) is 5.88 Å². The van der Waals surface area contributed by atoms with Crippen molar-refractivity contribution in [3.8, 4) is 5.88 Å². The molecule has 0 aromatic carbocycles. The number of unbranched alkanes of at least 4 members (excludes halogenated alkanes) is 1. The van der Waals surface area contributed by atoms with E-state index in [1.807, 2.05) is 6.92 Å². The molecule has 0 saturated carbocycles. The van der Waals surface area contributed by atoms with Crippen molar-refractivity contribution >= 4 is 0 Å². The molecule has 0 amide bonds. The first-order valence-electron chi connectivity index (χ1n) is 6.13. The van der Waals surface area contributed by atoms with Crippen LogP contribution in [0.4, 0.5) is 0 Å². The second-order valence-corrected chi connectivity index (χ2v) is 3.98. The zero-order valence-electron chi connectivity index (χ0n) is 10.7. The summed E-state index contributed by atoms with van der Waals surface area (Å²) in [5, 5.41) is 9.95. The lowest BCUT2D eigenvalue weighted by Gasteiger charge is -2.13. The summed E-state index contributed by atoms with van der Waals surface area (Å²) in [6, 6.07) is 0. The largest absolute Gasteiger partial charge is 0.494 e. The van der Waals surface area contributed by atoms with E-state index in [9.17, 15) is 14.7 Å². The maximum atomic E-state index is 12.0. The summed E-state index contributed by atoms with van der Waals surface area (Å²) in [6.45, 7) is 6.24. The Kier molecular flexibility index (Phi) is 4.54. The third-order valence-corrected chi connectivity index (χ3v) is 2.90. The molecule has 96 valence electrons. The highest BCUT2D eigenvalue weighted by Gasteiger charge is 2.16. The quantitative estimate of drug-likeness (QED) is 0.838. The van der Waals surface area contributed by atoms with Gasteiger partial charge in [0.25, 0.3) is 5.56 Å². The fourth-order valence-corrected chi connectivity index (χ4v) is 1.88. The smallest absolute Gasteiger partial charge is 0.333 e. The standard InChI is InChI=1S/C12H20N2O3/c1-4-7-8-9-10(15)13(5-2)12(17)14(6-3)11(9)16/h15H,4-8H2,1-3H3. The average molecular weight is 240 g/mol. The van der Waals surface area contributed by atoms with Crippen molar-refractivity contribution in [1.82, 2.24) is 9.13 Å². The van der Waals surface area contributed by atoms with Gasteiger partial charge in [-0.05, 0) is 26.7 Å². The van der Waals surface area contributed by atoms with Crippen molar-refractivity contribution in [3.05, 3.63) is 26.4 Å². The molecule has 0 aliphatic rings. The molecule has 1 heterocycles. The summed E-state index contributed by atoms with van der Waals surface area (Å²) in [6.07, 6.45) is 2.28. The van der Waals surface area contributed by atoms with Crippen LogP contribution in [0.3, 0.4) is 0 Å². The lowest BCUT2D eigenvalue weighted by molar-refractivity contribution is 0.386. The first-order chi connectivity index (χ1) is 8.08. The van der Waals surface area contributed by atoms with Crippen molar-refractivity contribution in [1.29, 1.82) is 0 Å². The summed E-state index contributed by atoms with van der Waals surface area (Å²) < 4.78 is 2.42. The fraction of sp³-hybridized carbons (Fsp3) is 0.667. The van der Waals surface area contributed by atoms with Gasteiger partial charge in [-0.3, -0.25) is 13.9 Å². The van der Waals surface area contributed by atoms with Gasteiger partial charge in [0.1, 0.15) is 0 Å². The summed E-state index contributed by atoms with van der Waals surface area (Å²) in [5.41, 5.74) is -0.430. The highest BCUT2D eigenvalue weighted by molar-refractivity contribution is 5.23. The van der Waals surface area contributed by atoms with Crippen molar-refractivity contribution in [2.45, 2.75) is 53.1 Å². The molecule has 17 heavy (non-hydrogen) atoms.